The number of amides is 1. The molecule has 0 atom stereocenters. The zero-order chi connectivity index (χ0) is 19.1. The average Bonchev–Trinajstić information content (AvgIpc) is 3.06. The fourth-order valence-corrected chi connectivity index (χ4v) is 2.45. The summed E-state index contributed by atoms with van der Waals surface area (Å²) in [6.45, 7) is 3.08. The van der Waals surface area contributed by atoms with Crippen molar-refractivity contribution in [3.63, 3.8) is 0 Å². The lowest BCUT2D eigenvalue weighted by Gasteiger charge is -2.12. The summed E-state index contributed by atoms with van der Waals surface area (Å²) in [6, 6.07) is 7.82. The lowest BCUT2D eigenvalue weighted by atomic mass is 10.2. The fourth-order valence-electron chi connectivity index (χ4n) is 2.45. The van der Waals surface area contributed by atoms with Crippen LogP contribution in [0.25, 0.3) is 0 Å². The molecule has 0 bridgehead atoms. The first-order valence-corrected chi connectivity index (χ1v) is 8.47. The van der Waals surface area contributed by atoms with Crippen LogP contribution in [-0.2, 0) is 13.6 Å². The first-order valence-electron chi connectivity index (χ1n) is 8.47. The second-order valence-corrected chi connectivity index (χ2v) is 5.67. The van der Waals surface area contributed by atoms with Crippen molar-refractivity contribution in [1.82, 2.24) is 25.2 Å². The van der Waals surface area contributed by atoms with Crippen LogP contribution in [-0.4, -0.2) is 32.3 Å². The Balaban J connectivity index is 1.65. The van der Waals surface area contributed by atoms with Gasteiger partial charge in [0.05, 0.1) is 18.4 Å². The molecule has 3 rings (SSSR count). The number of ether oxygens (including phenoxy) is 1. The number of nitrogens with one attached hydrogen (secondary N) is 3. The predicted octanol–water partition coefficient (Wildman–Crippen LogP) is 1.98. The maximum atomic E-state index is 12.1. The van der Waals surface area contributed by atoms with Crippen molar-refractivity contribution in [2.75, 3.05) is 17.3 Å². The maximum Gasteiger partial charge on any atom is 0.272 e. The molecular weight excluding hydrogens is 346 g/mol. The Kier molecular flexibility index (Phi) is 5.83. The second-order valence-electron chi connectivity index (χ2n) is 5.67. The molecule has 0 spiro atoms. The summed E-state index contributed by atoms with van der Waals surface area (Å²) in [7, 11) is 1.80. The van der Waals surface area contributed by atoms with Crippen LogP contribution in [0.15, 0.2) is 49.2 Å². The summed E-state index contributed by atoms with van der Waals surface area (Å²) in [4.78, 5) is 19.8. The molecule has 0 radical (unpaired) electrons. The molecule has 9 heteroatoms. The number of carbonyl (C=O) groups is 1. The summed E-state index contributed by atoms with van der Waals surface area (Å²) in [5.41, 5.74) is 7.49. The van der Waals surface area contributed by atoms with Gasteiger partial charge in [0.15, 0.2) is 5.82 Å². The van der Waals surface area contributed by atoms with E-state index in [0.717, 1.165) is 11.3 Å². The van der Waals surface area contributed by atoms with E-state index in [4.69, 9.17) is 4.74 Å². The number of para-hydroxylation sites is 1. The molecule has 27 heavy (non-hydrogen) atoms. The van der Waals surface area contributed by atoms with E-state index >= 15 is 0 Å². The average molecular weight is 367 g/mol. The van der Waals surface area contributed by atoms with E-state index in [1.165, 1.54) is 18.7 Å². The number of hydrogen-bond acceptors (Lipinski definition) is 7. The van der Waals surface area contributed by atoms with Crippen molar-refractivity contribution in [3.8, 4) is 5.75 Å². The molecule has 1 aromatic carbocycles. The normalized spacial score (nSPS) is 10.3. The minimum atomic E-state index is -0.341. The van der Waals surface area contributed by atoms with Gasteiger partial charge in [0.25, 0.3) is 5.91 Å². The van der Waals surface area contributed by atoms with E-state index in [1.807, 2.05) is 31.2 Å². The molecule has 140 valence electrons. The van der Waals surface area contributed by atoms with Gasteiger partial charge in [-0.05, 0) is 13.0 Å². The third kappa shape index (κ3) is 4.72. The molecule has 2 aromatic heterocycles. The van der Waals surface area contributed by atoms with Crippen molar-refractivity contribution >= 4 is 17.4 Å². The van der Waals surface area contributed by atoms with Crippen LogP contribution >= 0.6 is 0 Å². The number of carbonyl (C=O) groups excluding carboxylic acids is 1. The van der Waals surface area contributed by atoms with Gasteiger partial charge in [0, 0.05) is 31.5 Å². The molecule has 0 aliphatic carbocycles. The Morgan fingerprint density at radius 3 is 2.78 bits per heavy atom. The van der Waals surface area contributed by atoms with Crippen LogP contribution in [0.2, 0.25) is 0 Å². The first-order chi connectivity index (χ1) is 13.2. The predicted molar refractivity (Wildman–Crippen MR) is 101 cm³/mol. The van der Waals surface area contributed by atoms with Crippen LogP contribution < -0.4 is 20.9 Å². The highest BCUT2D eigenvalue weighted by Crippen LogP contribution is 2.22. The van der Waals surface area contributed by atoms with Crippen LogP contribution in [0.5, 0.6) is 5.75 Å². The molecular formula is C18H21N7O2. The van der Waals surface area contributed by atoms with E-state index < -0.39 is 0 Å². The molecule has 0 aliphatic rings. The van der Waals surface area contributed by atoms with Crippen LogP contribution in [0.3, 0.4) is 0 Å². The van der Waals surface area contributed by atoms with E-state index in [-0.39, 0.29) is 5.91 Å². The van der Waals surface area contributed by atoms with E-state index in [2.05, 4.69) is 31.2 Å². The molecule has 0 fully saturated rings. The number of aromatic nitrogens is 4. The van der Waals surface area contributed by atoms with Crippen molar-refractivity contribution < 1.29 is 9.53 Å². The molecule has 0 aliphatic heterocycles. The van der Waals surface area contributed by atoms with Gasteiger partial charge < -0.3 is 10.1 Å². The summed E-state index contributed by atoms with van der Waals surface area (Å²) in [5, 5.41) is 7.64. The SMILES string of the molecule is CCOc1ccccc1CNc1nn(C)cc1NNC(=O)c1cncnc1. The Labute approximate surface area is 156 Å². The van der Waals surface area contributed by atoms with Gasteiger partial charge in [-0.15, -0.1) is 0 Å². The van der Waals surface area contributed by atoms with Crippen molar-refractivity contribution in [2.45, 2.75) is 13.5 Å². The molecule has 3 N–H and O–H groups in total. The van der Waals surface area contributed by atoms with Crippen LogP contribution in [0.4, 0.5) is 11.5 Å². The Bertz CT molecular complexity index is 896. The highest BCUT2D eigenvalue weighted by atomic mass is 16.5. The highest BCUT2D eigenvalue weighted by Gasteiger charge is 2.11. The number of nitrogens with zero attached hydrogens (tertiary/aromatic N) is 4. The Hall–Kier alpha value is -3.62. The highest BCUT2D eigenvalue weighted by molar-refractivity contribution is 5.94. The lowest BCUT2D eigenvalue weighted by Crippen LogP contribution is -2.29. The number of rotatable bonds is 8. The fraction of sp³-hybridized carbons (Fsp3) is 0.222. The zero-order valence-corrected chi connectivity index (χ0v) is 15.1. The minimum Gasteiger partial charge on any atom is -0.494 e. The van der Waals surface area contributed by atoms with Gasteiger partial charge in [-0.2, -0.15) is 5.10 Å². The molecule has 1 amide bonds. The quantitative estimate of drug-likeness (QED) is 0.523. The molecule has 0 saturated heterocycles. The number of benzene rings is 1. The molecule has 3 aromatic rings. The van der Waals surface area contributed by atoms with E-state index in [1.54, 1.807) is 17.9 Å². The summed E-state index contributed by atoms with van der Waals surface area (Å²) in [6.07, 6.45) is 6.01. The standard InChI is InChI=1S/C18H21N7O2/c1-3-27-16-7-5-4-6-13(16)10-21-17-15(11-25(2)24-17)22-23-18(26)14-8-19-12-20-9-14/h4-9,11-12,22H,3,10H2,1-2H3,(H,21,24)(H,23,26). The largest absolute Gasteiger partial charge is 0.494 e. The number of hydrogen-bond donors (Lipinski definition) is 3. The second kappa shape index (κ2) is 8.65. The first kappa shape index (κ1) is 18.2. The minimum absolute atomic E-state index is 0.341. The molecule has 0 unspecified atom stereocenters. The lowest BCUT2D eigenvalue weighted by molar-refractivity contribution is 0.0962. The smallest absolute Gasteiger partial charge is 0.272 e. The zero-order valence-electron chi connectivity index (χ0n) is 15.1. The molecule has 0 saturated carbocycles. The van der Waals surface area contributed by atoms with Crippen LogP contribution in [0.1, 0.15) is 22.8 Å². The number of aryl methyl sites for hydroxylation is 1. The van der Waals surface area contributed by atoms with E-state index in [9.17, 15) is 4.79 Å². The van der Waals surface area contributed by atoms with Crippen LogP contribution in [0, 0.1) is 0 Å². The molecule has 2 heterocycles. The third-order valence-corrected chi connectivity index (χ3v) is 3.68. The Morgan fingerprint density at radius 1 is 1.22 bits per heavy atom. The third-order valence-electron chi connectivity index (χ3n) is 3.68. The van der Waals surface area contributed by atoms with E-state index in [0.29, 0.717) is 30.2 Å². The maximum absolute atomic E-state index is 12.1. The van der Waals surface area contributed by atoms with Gasteiger partial charge in [-0.3, -0.25) is 20.3 Å². The van der Waals surface area contributed by atoms with Gasteiger partial charge in [0.2, 0.25) is 0 Å². The van der Waals surface area contributed by atoms with Gasteiger partial charge in [-0.1, -0.05) is 18.2 Å². The monoisotopic (exact) mass is 367 g/mol. The van der Waals surface area contributed by atoms with Gasteiger partial charge >= 0.3 is 0 Å². The van der Waals surface area contributed by atoms with Gasteiger partial charge in [-0.25, -0.2) is 9.97 Å². The number of hydrazine groups is 1. The Morgan fingerprint density at radius 2 is 2.00 bits per heavy atom. The topological polar surface area (TPSA) is 106 Å². The van der Waals surface area contributed by atoms with Crippen molar-refractivity contribution in [1.29, 1.82) is 0 Å². The molecule has 9 nitrogen and oxygen atoms in total. The van der Waals surface area contributed by atoms with Gasteiger partial charge in [0.1, 0.15) is 17.8 Å². The number of anilines is 2. The van der Waals surface area contributed by atoms with Crippen molar-refractivity contribution in [3.05, 3.63) is 60.3 Å². The van der Waals surface area contributed by atoms with Crippen molar-refractivity contribution in [2.24, 2.45) is 7.05 Å². The summed E-state index contributed by atoms with van der Waals surface area (Å²) >= 11 is 0. The summed E-state index contributed by atoms with van der Waals surface area (Å²) in [5.74, 6) is 1.09. The summed E-state index contributed by atoms with van der Waals surface area (Å²) < 4.78 is 7.29.